The van der Waals surface area contributed by atoms with Crippen LogP contribution in [0.2, 0.25) is 0 Å². The molecule has 0 spiro atoms. The minimum atomic E-state index is 0.292. The maximum atomic E-state index is 5.41. The van der Waals surface area contributed by atoms with E-state index in [9.17, 15) is 0 Å². The molecule has 2 N–H and O–H groups in total. The lowest BCUT2D eigenvalue weighted by Crippen LogP contribution is -2.07. The summed E-state index contributed by atoms with van der Waals surface area (Å²) in [7, 11) is 0. The van der Waals surface area contributed by atoms with Crippen LogP contribution in [0.5, 0.6) is 0 Å². The van der Waals surface area contributed by atoms with Crippen molar-refractivity contribution >= 4 is 5.82 Å². The highest BCUT2D eigenvalue weighted by atomic mass is 16.5. The van der Waals surface area contributed by atoms with Crippen LogP contribution in [-0.4, -0.2) is 27.7 Å². The van der Waals surface area contributed by atoms with Crippen LogP contribution in [-0.2, 0) is 11.3 Å². The van der Waals surface area contributed by atoms with E-state index < -0.39 is 0 Å². The molecule has 74 valence electrons. The Hall–Kier alpha value is -1.10. The molecule has 1 aromatic heterocycles. The number of nitrogens with two attached hydrogens (primary N) is 1. The molecule has 0 saturated carbocycles. The average Bonchev–Trinajstić information content (AvgIpc) is 2.45. The normalized spacial score (nSPS) is 11.0. The van der Waals surface area contributed by atoms with Gasteiger partial charge < -0.3 is 10.5 Å². The second-order valence-electron chi connectivity index (χ2n) is 3.18. The van der Waals surface area contributed by atoms with Crippen LogP contribution in [0.4, 0.5) is 5.82 Å². The van der Waals surface area contributed by atoms with Crippen molar-refractivity contribution in [2.75, 3.05) is 12.3 Å². The van der Waals surface area contributed by atoms with E-state index in [1.54, 1.807) is 10.9 Å². The van der Waals surface area contributed by atoms with Gasteiger partial charge in [0.2, 0.25) is 0 Å². The van der Waals surface area contributed by atoms with Gasteiger partial charge in [0.25, 0.3) is 0 Å². The third kappa shape index (κ3) is 3.89. The first-order valence-electron chi connectivity index (χ1n) is 4.45. The highest BCUT2D eigenvalue weighted by Crippen LogP contribution is 1.96. The van der Waals surface area contributed by atoms with E-state index in [0.29, 0.717) is 11.9 Å². The lowest BCUT2D eigenvalue weighted by atomic mass is 10.4. The Bertz CT molecular complexity index is 246. The molecular formula is C8H16N4O. The molecule has 0 aromatic carbocycles. The summed E-state index contributed by atoms with van der Waals surface area (Å²) >= 11 is 0. The van der Waals surface area contributed by atoms with Crippen LogP contribution in [0.15, 0.2) is 6.20 Å². The Morgan fingerprint density at radius 3 is 2.92 bits per heavy atom. The molecule has 0 radical (unpaired) electrons. The summed E-state index contributed by atoms with van der Waals surface area (Å²) in [4.78, 5) is 0. The van der Waals surface area contributed by atoms with Gasteiger partial charge in [-0.2, -0.15) is 0 Å². The van der Waals surface area contributed by atoms with E-state index in [1.165, 1.54) is 0 Å². The van der Waals surface area contributed by atoms with Gasteiger partial charge in [-0.3, -0.25) is 4.68 Å². The van der Waals surface area contributed by atoms with E-state index >= 15 is 0 Å². The molecule has 0 fully saturated rings. The predicted molar refractivity (Wildman–Crippen MR) is 50.1 cm³/mol. The standard InChI is InChI=1S/C8H16N4O/c1-7(2)13-5-3-4-12-6-8(9)10-11-12/h6-7H,3-5,9H2,1-2H3. The molecule has 0 bridgehead atoms. The number of rotatable bonds is 5. The topological polar surface area (TPSA) is 66.0 Å². The number of nitrogens with zero attached hydrogens (tertiary/aromatic N) is 3. The highest BCUT2D eigenvalue weighted by molar-refractivity contribution is 5.19. The quantitative estimate of drug-likeness (QED) is 0.683. The number of aryl methyl sites for hydroxylation is 1. The summed E-state index contributed by atoms with van der Waals surface area (Å²) in [5.74, 6) is 0.463. The van der Waals surface area contributed by atoms with Gasteiger partial charge in [0.05, 0.1) is 12.3 Å². The molecule has 0 aliphatic carbocycles. The Labute approximate surface area is 77.9 Å². The van der Waals surface area contributed by atoms with Crippen LogP contribution < -0.4 is 5.73 Å². The van der Waals surface area contributed by atoms with Gasteiger partial charge in [-0.05, 0) is 20.3 Å². The summed E-state index contributed by atoms with van der Waals surface area (Å²) in [5.41, 5.74) is 5.41. The molecule has 1 aromatic rings. The average molecular weight is 184 g/mol. The zero-order valence-corrected chi connectivity index (χ0v) is 8.10. The number of nitrogen functional groups attached to an aromatic ring is 1. The summed E-state index contributed by atoms with van der Waals surface area (Å²) in [6, 6.07) is 0. The Balaban J connectivity index is 2.13. The van der Waals surface area contributed by atoms with Crippen LogP contribution in [0.3, 0.4) is 0 Å². The molecule has 0 unspecified atom stereocenters. The third-order valence-electron chi connectivity index (χ3n) is 1.54. The molecule has 1 rings (SSSR count). The number of hydrogen-bond donors (Lipinski definition) is 1. The summed E-state index contributed by atoms with van der Waals surface area (Å²) in [5, 5.41) is 7.50. The second kappa shape index (κ2) is 4.81. The van der Waals surface area contributed by atoms with Crippen molar-refractivity contribution in [2.24, 2.45) is 0 Å². The first-order valence-corrected chi connectivity index (χ1v) is 4.45. The van der Waals surface area contributed by atoms with Crippen LogP contribution in [0.1, 0.15) is 20.3 Å². The van der Waals surface area contributed by atoms with Crippen LogP contribution >= 0.6 is 0 Å². The van der Waals surface area contributed by atoms with Crippen LogP contribution in [0, 0.1) is 0 Å². The lowest BCUT2D eigenvalue weighted by Gasteiger charge is -2.06. The minimum Gasteiger partial charge on any atom is -0.381 e. The van der Waals surface area contributed by atoms with Crippen molar-refractivity contribution in [2.45, 2.75) is 32.9 Å². The lowest BCUT2D eigenvalue weighted by molar-refractivity contribution is 0.0742. The molecular weight excluding hydrogens is 168 g/mol. The second-order valence-corrected chi connectivity index (χ2v) is 3.18. The number of aromatic nitrogens is 3. The summed E-state index contributed by atoms with van der Waals surface area (Å²) in [6.07, 6.45) is 2.94. The first-order chi connectivity index (χ1) is 6.18. The van der Waals surface area contributed by atoms with Gasteiger partial charge in [-0.1, -0.05) is 5.21 Å². The van der Waals surface area contributed by atoms with E-state index in [4.69, 9.17) is 10.5 Å². The van der Waals surface area contributed by atoms with E-state index in [0.717, 1.165) is 19.6 Å². The molecule has 5 heteroatoms. The molecule has 0 aliphatic rings. The smallest absolute Gasteiger partial charge is 0.165 e. The Kier molecular flexibility index (Phi) is 3.70. The Morgan fingerprint density at radius 2 is 2.38 bits per heavy atom. The predicted octanol–water partition coefficient (Wildman–Crippen LogP) is 0.675. The Morgan fingerprint density at radius 1 is 1.62 bits per heavy atom. The number of ether oxygens (including phenoxy) is 1. The van der Waals surface area contributed by atoms with Crippen molar-refractivity contribution in [3.05, 3.63) is 6.20 Å². The van der Waals surface area contributed by atoms with Gasteiger partial charge in [0.1, 0.15) is 0 Å². The van der Waals surface area contributed by atoms with Gasteiger partial charge in [0.15, 0.2) is 5.82 Å². The number of hydrogen-bond acceptors (Lipinski definition) is 4. The third-order valence-corrected chi connectivity index (χ3v) is 1.54. The maximum Gasteiger partial charge on any atom is 0.165 e. The van der Waals surface area contributed by atoms with Crippen molar-refractivity contribution in [1.29, 1.82) is 0 Å². The van der Waals surface area contributed by atoms with E-state index in [2.05, 4.69) is 10.3 Å². The first kappa shape index (κ1) is 9.98. The largest absolute Gasteiger partial charge is 0.381 e. The summed E-state index contributed by atoms with van der Waals surface area (Å²) < 4.78 is 7.10. The van der Waals surface area contributed by atoms with Crippen molar-refractivity contribution in [3.8, 4) is 0 Å². The zero-order chi connectivity index (χ0) is 9.68. The molecule has 13 heavy (non-hydrogen) atoms. The van der Waals surface area contributed by atoms with Crippen molar-refractivity contribution < 1.29 is 4.74 Å². The SMILES string of the molecule is CC(C)OCCCn1cc(N)nn1. The van der Waals surface area contributed by atoms with Gasteiger partial charge in [-0.15, -0.1) is 5.10 Å². The molecule has 0 atom stereocenters. The molecule has 1 heterocycles. The summed E-state index contributed by atoms with van der Waals surface area (Å²) in [6.45, 7) is 5.59. The van der Waals surface area contributed by atoms with Gasteiger partial charge >= 0.3 is 0 Å². The van der Waals surface area contributed by atoms with Gasteiger partial charge in [-0.25, -0.2) is 0 Å². The minimum absolute atomic E-state index is 0.292. The van der Waals surface area contributed by atoms with Gasteiger partial charge in [0, 0.05) is 13.2 Å². The van der Waals surface area contributed by atoms with Crippen molar-refractivity contribution in [3.63, 3.8) is 0 Å². The highest BCUT2D eigenvalue weighted by Gasteiger charge is 1.96. The molecule has 0 aliphatic heterocycles. The number of anilines is 1. The molecule has 5 nitrogen and oxygen atoms in total. The zero-order valence-electron chi connectivity index (χ0n) is 8.10. The van der Waals surface area contributed by atoms with Crippen LogP contribution in [0.25, 0.3) is 0 Å². The molecule has 0 saturated heterocycles. The maximum absolute atomic E-state index is 5.41. The molecule has 0 amide bonds. The van der Waals surface area contributed by atoms with E-state index in [-0.39, 0.29) is 0 Å². The van der Waals surface area contributed by atoms with E-state index in [1.807, 2.05) is 13.8 Å². The monoisotopic (exact) mass is 184 g/mol. The fourth-order valence-corrected chi connectivity index (χ4v) is 0.968. The fourth-order valence-electron chi connectivity index (χ4n) is 0.968. The van der Waals surface area contributed by atoms with Crippen molar-refractivity contribution in [1.82, 2.24) is 15.0 Å². The fraction of sp³-hybridized carbons (Fsp3) is 0.750.